The van der Waals surface area contributed by atoms with Crippen LogP contribution in [0, 0.1) is 6.92 Å². The third-order valence-corrected chi connectivity index (χ3v) is 3.86. The van der Waals surface area contributed by atoms with Gasteiger partial charge in [-0.25, -0.2) is 0 Å². The molecule has 0 unspecified atom stereocenters. The highest BCUT2D eigenvalue weighted by Gasteiger charge is 2.20. The first kappa shape index (κ1) is 16.3. The lowest BCUT2D eigenvalue weighted by molar-refractivity contribution is 0.0957. The summed E-state index contributed by atoms with van der Waals surface area (Å²) in [5, 5.41) is 0. The molecular formula is C18H24N2O2. The molecule has 0 aliphatic carbocycles. The molecule has 0 saturated heterocycles. The lowest BCUT2D eigenvalue weighted by Gasteiger charge is -2.26. The van der Waals surface area contributed by atoms with Crippen LogP contribution >= 0.6 is 0 Å². The highest BCUT2D eigenvalue weighted by atomic mass is 16.3. The van der Waals surface area contributed by atoms with Gasteiger partial charge in [0, 0.05) is 18.8 Å². The number of hydrogen-bond acceptors (Lipinski definition) is 3. The number of nitrogens with zero attached hydrogens (tertiary/aromatic N) is 2. The van der Waals surface area contributed by atoms with Gasteiger partial charge in [-0.1, -0.05) is 31.5 Å². The van der Waals surface area contributed by atoms with Crippen LogP contribution in [0.2, 0.25) is 0 Å². The van der Waals surface area contributed by atoms with E-state index in [0.717, 1.165) is 25.3 Å². The number of rotatable bonds is 7. The number of furan rings is 1. The molecule has 1 amide bonds. The summed E-state index contributed by atoms with van der Waals surface area (Å²) in [6, 6.07) is 11.5. The van der Waals surface area contributed by atoms with Gasteiger partial charge in [0.25, 0.3) is 5.91 Å². The number of aryl methyl sites for hydroxylation is 1. The van der Waals surface area contributed by atoms with Crippen LogP contribution < -0.4 is 4.90 Å². The molecule has 0 aliphatic rings. The maximum atomic E-state index is 12.7. The van der Waals surface area contributed by atoms with Gasteiger partial charge in [-0.3, -0.25) is 4.79 Å². The standard InChI is InChI=1S/C18H24N2O2/c1-4-19(5-2)12-13-20(16-10-8-15(3)9-11-16)18(21)17-7-6-14-22-17/h6-11,14H,4-5,12-13H2,1-3H3. The van der Waals surface area contributed by atoms with E-state index in [1.807, 2.05) is 31.2 Å². The van der Waals surface area contributed by atoms with Crippen molar-refractivity contribution < 1.29 is 9.21 Å². The molecule has 0 saturated carbocycles. The summed E-state index contributed by atoms with van der Waals surface area (Å²) in [6.45, 7) is 9.75. The van der Waals surface area contributed by atoms with Crippen molar-refractivity contribution in [1.29, 1.82) is 0 Å². The Morgan fingerprint density at radius 3 is 2.27 bits per heavy atom. The Balaban J connectivity index is 2.20. The van der Waals surface area contributed by atoms with Gasteiger partial charge in [0.2, 0.25) is 0 Å². The molecule has 1 aromatic carbocycles. The van der Waals surface area contributed by atoms with E-state index in [9.17, 15) is 4.79 Å². The Morgan fingerprint density at radius 2 is 1.73 bits per heavy atom. The number of carbonyl (C=O) groups is 1. The molecule has 22 heavy (non-hydrogen) atoms. The molecule has 0 bridgehead atoms. The fraction of sp³-hybridized carbons (Fsp3) is 0.389. The number of amides is 1. The van der Waals surface area contributed by atoms with E-state index in [-0.39, 0.29) is 5.91 Å². The molecule has 4 heteroatoms. The largest absolute Gasteiger partial charge is 0.459 e. The summed E-state index contributed by atoms with van der Waals surface area (Å²) in [6.07, 6.45) is 1.53. The Kier molecular flexibility index (Phi) is 5.78. The second kappa shape index (κ2) is 7.80. The molecule has 0 spiro atoms. The number of likely N-dealkylation sites (N-methyl/N-ethyl adjacent to an activating group) is 1. The highest BCUT2D eigenvalue weighted by Crippen LogP contribution is 2.18. The zero-order chi connectivity index (χ0) is 15.9. The summed E-state index contributed by atoms with van der Waals surface area (Å²) >= 11 is 0. The molecule has 0 N–H and O–H groups in total. The van der Waals surface area contributed by atoms with E-state index in [2.05, 4.69) is 18.7 Å². The molecule has 2 rings (SSSR count). The first-order valence-electron chi connectivity index (χ1n) is 7.80. The zero-order valence-corrected chi connectivity index (χ0v) is 13.6. The van der Waals surface area contributed by atoms with Crippen molar-refractivity contribution in [2.75, 3.05) is 31.1 Å². The molecule has 0 radical (unpaired) electrons. The van der Waals surface area contributed by atoms with Gasteiger partial charge in [-0.15, -0.1) is 0 Å². The Bertz CT molecular complexity index is 572. The summed E-state index contributed by atoms with van der Waals surface area (Å²) < 4.78 is 5.28. The Morgan fingerprint density at radius 1 is 1.05 bits per heavy atom. The molecule has 4 nitrogen and oxygen atoms in total. The minimum absolute atomic E-state index is 0.0963. The zero-order valence-electron chi connectivity index (χ0n) is 13.6. The van der Waals surface area contributed by atoms with Gasteiger partial charge >= 0.3 is 0 Å². The average molecular weight is 300 g/mol. The van der Waals surface area contributed by atoms with Crippen LogP contribution in [0.5, 0.6) is 0 Å². The Labute approximate surface area is 132 Å². The van der Waals surface area contributed by atoms with E-state index in [0.29, 0.717) is 12.3 Å². The maximum absolute atomic E-state index is 12.7. The SMILES string of the molecule is CCN(CC)CCN(C(=O)c1ccco1)c1ccc(C)cc1. The van der Waals surface area contributed by atoms with Crippen molar-refractivity contribution in [2.45, 2.75) is 20.8 Å². The fourth-order valence-electron chi connectivity index (χ4n) is 2.39. The van der Waals surface area contributed by atoms with E-state index < -0.39 is 0 Å². The summed E-state index contributed by atoms with van der Waals surface area (Å²) in [5.41, 5.74) is 2.08. The first-order chi connectivity index (χ1) is 10.7. The molecule has 1 aromatic heterocycles. The molecule has 0 atom stereocenters. The van der Waals surface area contributed by atoms with Crippen LogP contribution in [-0.2, 0) is 0 Å². The fourth-order valence-corrected chi connectivity index (χ4v) is 2.39. The molecule has 118 valence electrons. The average Bonchev–Trinajstić information content (AvgIpc) is 3.07. The molecule has 0 fully saturated rings. The number of carbonyl (C=O) groups excluding carboxylic acids is 1. The van der Waals surface area contributed by atoms with Crippen LogP contribution in [-0.4, -0.2) is 37.0 Å². The van der Waals surface area contributed by atoms with Gasteiger partial charge in [0.15, 0.2) is 5.76 Å². The predicted molar refractivity (Wildman–Crippen MR) is 89.4 cm³/mol. The van der Waals surface area contributed by atoms with Crippen LogP contribution in [0.15, 0.2) is 47.1 Å². The van der Waals surface area contributed by atoms with Crippen molar-refractivity contribution in [3.05, 3.63) is 54.0 Å². The van der Waals surface area contributed by atoms with Crippen molar-refractivity contribution in [2.24, 2.45) is 0 Å². The predicted octanol–water partition coefficient (Wildman–Crippen LogP) is 3.58. The maximum Gasteiger partial charge on any atom is 0.293 e. The summed E-state index contributed by atoms with van der Waals surface area (Å²) in [7, 11) is 0. The second-order valence-corrected chi connectivity index (χ2v) is 5.30. The van der Waals surface area contributed by atoms with Crippen molar-refractivity contribution >= 4 is 11.6 Å². The number of hydrogen-bond donors (Lipinski definition) is 0. The lowest BCUT2D eigenvalue weighted by atomic mass is 10.2. The molecule has 0 aliphatic heterocycles. The van der Waals surface area contributed by atoms with Gasteiger partial charge < -0.3 is 14.2 Å². The first-order valence-corrected chi connectivity index (χ1v) is 7.80. The number of benzene rings is 1. The molecular weight excluding hydrogens is 276 g/mol. The lowest BCUT2D eigenvalue weighted by Crippen LogP contribution is -2.38. The highest BCUT2D eigenvalue weighted by molar-refractivity contribution is 6.04. The van der Waals surface area contributed by atoms with Crippen molar-refractivity contribution in [3.63, 3.8) is 0 Å². The quantitative estimate of drug-likeness (QED) is 0.784. The number of anilines is 1. The van der Waals surface area contributed by atoms with Crippen molar-refractivity contribution in [3.8, 4) is 0 Å². The van der Waals surface area contributed by atoms with Gasteiger partial charge in [0.05, 0.1) is 6.26 Å². The Hall–Kier alpha value is -2.07. The van der Waals surface area contributed by atoms with E-state index >= 15 is 0 Å². The van der Waals surface area contributed by atoms with Crippen LogP contribution in [0.4, 0.5) is 5.69 Å². The third kappa shape index (κ3) is 3.98. The van der Waals surface area contributed by atoms with Crippen LogP contribution in [0.25, 0.3) is 0 Å². The molecule has 2 aromatic rings. The molecule has 1 heterocycles. The van der Waals surface area contributed by atoms with E-state index in [4.69, 9.17) is 4.42 Å². The monoisotopic (exact) mass is 300 g/mol. The summed E-state index contributed by atoms with van der Waals surface area (Å²) in [4.78, 5) is 16.8. The van der Waals surface area contributed by atoms with Gasteiger partial charge in [-0.2, -0.15) is 0 Å². The normalized spacial score (nSPS) is 10.9. The van der Waals surface area contributed by atoms with E-state index in [1.54, 1.807) is 17.0 Å². The van der Waals surface area contributed by atoms with Crippen LogP contribution in [0.1, 0.15) is 30.0 Å². The smallest absolute Gasteiger partial charge is 0.293 e. The third-order valence-electron chi connectivity index (χ3n) is 3.86. The van der Waals surface area contributed by atoms with E-state index in [1.165, 1.54) is 11.8 Å². The minimum atomic E-state index is -0.0963. The second-order valence-electron chi connectivity index (χ2n) is 5.30. The van der Waals surface area contributed by atoms with Gasteiger partial charge in [-0.05, 0) is 44.3 Å². The van der Waals surface area contributed by atoms with Crippen molar-refractivity contribution in [1.82, 2.24) is 4.90 Å². The summed E-state index contributed by atoms with van der Waals surface area (Å²) in [5.74, 6) is 0.279. The van der Waals surface area contributed by atoms with Gasteiger partial charge in [0.1, 0.15) is 0 Å². The topological polar surface area (TPSA) is 36.7 Å². The van der Waals surface area contributed by atoms with Crippen LogP contribution in [0.3, 0.4) is 0 Å². The minimum Gasteiger partial charge on any atom is -0.459 e.